The maximum absolute atomic E-state index is 13.9. The highest BCUT2D eigenvalue weighted by Gasteiger charge is 2.49. The zero-order valence-electron chi connectivity index (χ0n) is 21.2. The van der Waals surface area contributed by atoms with Gasteiger partial charge < -0.3 is 14.6 Å². The lowest BCUT2D eigenvalue weighted by Crippen LogP contribution is -2.49. The molecule has 2 fully saturated rings. The number of nitrogens with zero attached hydrogens (tertiary/aromatic N) is 6. The number of hydrogen-bond donors (Lipinski definition) is 1. The summed E-state index contributed by atoms with van der Waals surface area (Å²) in [5.74, 6) is 0.740. The summed E-state index contributed by atoms with van der Waals surface area (Å²) in [6.07, 6.45) is -8.27. The summed E-state index contributed by atoms with van der Waals surface area (Å²) in [5, 5.41) is 15.6. The lowest BCUT2D eigenvalue weighted by molar-refractivity contribution is -0.175. The number of halogens is 6. The van der Waals surface area contributed by atoms with Crippen LogP contribution in [0, 0.1) is 24.7 Å². The highest BCUT2D eigenvalue weighted by Crippen LogP contribution is 2.46. The Morgan fingerprint density at radius 1 is 1.00 bits per heavy atom. The third-order valence-electron chi connectivity index (χ3n) is 8.35. The number of anilines is 2. The van der Waals surface area contributed by atoms with Crippen LogP contribution in [0.5, 0.6) is 0 Å². The first-order valence-electron chi connectivity index (χ1n) is 12.9. The Morgan fingerprint density at radius 3 is 2.36 bits per heavy atom. The highest BCUT2D eigenvalue weighted by atomic mass is 19.4. The molecule has 8 nitrogen and oxygen atoms in total. The van der Waals surface area contributed by atoms with Crippen molar-refractivity contribution in [1.82, 2.24) is 25.0 Å². The summed E-state index contributed by atoms with van der Waals surface area (Å²) in [5.41, 5.74) is -0.341. The van der Waals surface area contributed by atoms with Crippen LogP contribution in [0.1, 0.15) is 61.0 Å². The molecule has 1 N–H and O–H groups in total. The van der Waals surface area contributed by atoms with Crippen LogP contribution in [0.25, 0.3) is 0 Å². The van der Waals surface area contributed by atoms with Crippen molar-refractivity contribution >= 4 is 12.0 Å². The number of hydrogen-bond acceptors (Lipinski definition) is 7. The van der Waals surface area contributed by atoms with Crippen LogP contribution >= 0.6 is 0 Å². The van der Waals surface area contributed by atoms with Gasteiger partial charge in [-0.15, -0.1) is 10.2 Å². The second kappa shape index (κ2) is 9.12. The topological polar surface area (TPSA) is 84.9 Å². The molecule has 6 rings (SSSR count). The molecule has 3 aromatic rings. The van der Waals surface area contributed by atoms with E-state index in [1.54, 1.807) is 6.92 Å². The Hall–Kier alpha value is -3.32. The Labute approximate surface area is 219 Å². The van der Waals surface area contributed by atoms with Crippen molar-refractivity contribution in [1.29, 1.82) is 0 Å². The van der Waals surface area contributed by atoms with Crippen molar-refractivity contribution in [2.45, 2.75) is 63.5 Å². The normalized spacial score (nSPS) is 29.0. The summed E-state index contributed by atoms with van der Waals surface area (Å²) < 4.78 is 87.5. The Balaban J connectivity index is 1.28. The summed E-state index contributed by atoms with van der Waals surface area (Å²) in [7, 11) is 0. The Morgan fingerprint density at radius 2 is 1.74 bits per heavy atom. The van der Waals surface area contributed by atoms with Crippen LogP contribution < -0.4 is 10.2 Å². The van der Waals surface area contributed by atoms with Gasteiger partial charge in [0, 0.05) is 32.0 Å². The van der Waals surface area contributed by atoms with Gasteiger partial charge in [-0.25, -0.2) is 4.68 Å². The number of aromatic nitrogens is 5. The van der Waals surface area contributed by atoms with E-state index in [2.05, 4.69) is 32.5 Å². The first-order chi connectivity index (χ1) is 18.4. The molecule has 210 valence electrons. The molecule has 6 atom stereocenters. The molecule has 1 saturated carbocycles. The molecule has 2 aromatic heterocycles. The Kier molecular flexibility index (Phi) is 6.06. The average molecular weight is 556 g/mol. The van der Waals surface area contributed by atoms with Crippen LogP contribution in [0.4, 0.5) is 38.3 Å². The fourth-order valence-electron chi connectivity index (χ4n) is 6.50. The van der Waals surface area contributed by atoms with Crippen molar-refractivity contribution < 1.29 is 30.8 Å². The molecule has 39 heavy (non-hydrogen) atoms. The van der Waals surface area contributed by atoms with Crippen LogP contribution in [0.3, 0.4) is 0 Å². The summed E-state index contributed by atoms with van der Waals surface area (Å²) in [6, 6.07) is 3.07. The predicted molar refractivity (Wildman–Crippen MR) is 127 cm³/mol. The van der Waals surface area contributed by atoms with Crippen LogP contribution in [-0.4, -0.2) is 50.3 Å². The maximum atomic E-state index is 13.9. The third-order valence-corrected chi connectivity index (χ3v) is 8.35. The van der Waals surface area contributed by atoms with Gasteiger partial charge in [0.25, 0.3) is 0 Å². The number of nitrogens with one attached hydrogen (secondary N) is 1. The molecular weight excluding hydrogens is 528 g/mol. The minimum Gasteiger partial charge on any atom is -0.408 e. The molecule has 2 aliphatic heterocycles. The average Bonchev–Trinajstić information content (AvgIpc) is 3.52. The van der Waals surface area contributed by atoms with E-state index in [1.807, 2.05) is 4.90 Å². The van der Waals surface area contributed by atoms with Gasteiger partial charge in [0.1, 0.15) is 11.9 Å². The van der Waals surface area contributed by atoms with Gasteiger partial charge >= 0.3 is 18.4 Å². The number of fused-ring (bicyclic) bond motifs is 3. The van der Waals surface area contributed by atoms with E-state index in [0.29, 0.717) is 36.5 Å². The van der Waals surface area contributed by atoms with Gasteiger partial charge in [-0.1, -0.05) is 24.2 Å². The first-order valence-corrected chi connectivity index (χ1v) is 12.9. The van der Waals surface area contributed by atoms with E-state index in [-0.39, 0.29) is 42.5 Å². The summed E-state index contributed by atoms with van der Waals surface area (Å²) in [6.45, 7) is 5.16. The smallest absolute Gasteiger partial charge is 0.408 e. The van der Waals surface area contributed by atoms with Gasteiger partial charge in [0.2, 0.25) is 11.8 Å². The zero-order chi connectivity index (χ0) is 27.7. The van der Waals surface area contributed by atoms with Gasteiger partial charge in [-0.3, -0.25) is 0 Å². The van der Waals surface area contributed by atoms with E-state index in [9.17, 15) is 26.3 Å². The van der Waals surface area contributed by atoms with Gasteiger partial charge in [-0.05, 0) is 54.7 Å². The summed E-state index contributed by atoms with van der Waals surface area (Å²) >= 11 is 0. The third kappa shape index (κ3) is 4.71. The van der Waals surface area contributed by atoms with Crippen molar-refractivity contribution in [2.75, 3.05) is 23.3 Å². The van der Waals surface area contributed by atoms with E-state index in [1.165, 1.54) is 12.1 Å². The standard InChI is InChI=1S/C25H27F6N7O/c1-12-9-15-10-37(23-35-34-13(2)39-23)11-18(12)20(15)32-22-33-21-17(7-8-19(25(29,30)31)38(21)36-22)14-3-5-16(6-4-14)24(26,27)28/h3-6,12,15,17-20H,7-11H2,1-2H3,(H,32,36)/t12?,15-,17?,18-,19?,20-/m0/s1. The van der Waals surface area contributed by atoms with Crippen molar-refractivity contribution in [3.05, 3.63) is 47.1 Å². The molecule has 0 amide bonds. The van der Waals surface area contributed by atoms with Gasteiger partial charge in [0.05, 0.1) is 5.56 Å². The minimum atomic E-state index is -4.54. The minimum absolute atomic E-state index is 0.0569. The zero-order valence-corrected chi connectivity index (χ0v) is 21.2. The molecule has 2 bridgehead atoms. The van der Waals surface area contributed by atoms with Crippen LogP contribution in [0.2, 0.25) is 0 Å². The second-order valence-electron chi connectivity index (χ2n) is 10.9. The molecule has 1 aliphatic carbocycles. The Bertz CT molecular complexity index is 1330. The summed E-state index contributed by atoms with van der Waals surface area (Å²) in [4.78, 5) is 6.55. The largest absolute Gasteiger partial charge is 0.416 e. The molecule has 3 unspecified atom stereocenters. The SMILES string of the molecule is Cc1nnc(N2C[C@@H]3CC(C)[C@H](C2)[C@H]3Nc2nc3n(n2)C(C(F)(F)F)CCC3c2ccc(C(F)(F)F)cc2)o1. The fourth-order valence-corrected chi connectivity index (χ4v) is 6.50. The van der Waals surface area contributed by atoms with Crippen molar-refractivity contribution in [3.63, 3.8) is 0 Å². The number of piperidine rings is 1. The first kappa shape index (κ1) is 25.9. The van der Waals surface area contributed by atoms with Crippen LogP contribution in [0.15, 0.2) is 28.7 Å². The second-order valence-corrected chi connectivity index (χ2v) is 10.9. The quantitative estimate of drug-likeness (QED) is 0.420. The van der Waals surface area contributed by atoms with Crippen molar-refractivity contribution in [3.8, 4) is 0 Å². The molecule has 0 spiro atoms. The van der Waals surface area contributed by atoms with E-state index in [4.69, 9.17) is 4.42 Å². The van der Waals surface area contributed by atoms with E-state index >= 15 is 0 Å². The highest BCUT2D eigenvalue weighted by molar-refractivity contribution is 5.37. The molecular formula is C25H27F6N7O. The number of rotatable bonds is 4. The maximum Gasteiger partial charge on any atom is 0.416 e. The molecule has 1 saturated heterocycles. The predicted octanol–water partition coefficient (Wildman–Crippen LogP) is 5.59. The lowest BCUT2D eigenvalue weighted by Gasteiger charge is -2.37. The number of alkyl halides is 6. The molecule has 3 aliphatic rings. The molecule has 4 heterocycles. The number of benzene rings is 1. The molecule has 1 aromatic carbocycles. The molecule has 0 radical (unpaired) electrons. The van der Waals surface area contributed by atoms with Crippen LogP contribution in [-0.2, 0) is 6.18 Å². The number of aryl methyl sites for hydroxylation is 1. The molecule has 14 heteroatoms. The lowest BCUT2D eigenvalue weighted by atomic mass is 9.88. The van der Waals surface area contributed by atoms with Crippen molar-refractivity contribution in [2.24, 2.45) is 17.8 Å². The van der Waals surface area contributed by atoms with E-state index in [0.717, 1.165) is 23.2 Å². The van der Waals surface area contributed by atoms with Gasteiger partial charge in [-0.2, -0.15) is 31.3 Å². The monoisotopic (exact) mass is 555 g/mol. The van der Waals surface area contributed by atoms with Gasteiger partial charge in [0.15, 0.2) is 0 Å². The van der Waals surface area contributed by atoms with E-state index < -0.39 is 29.9 Å². The fraction of sp³-hybridized carbons (Fsp3) is 0.600.